The van der Waals surface area contributed by atoms with Gasteiger partial charge in [0, 0.05) is 11.4 Å². The number of carbonyl (C=O) groups excluding carboxylic acids is 1. The second-order valence-electron chi connectivity index (χ2n) is 4.59. The highest BCUT2D eigenvalue weighted by Crippen LogP contribution is 2.15. The van der Waals surface area contributed by atoms with E-state index in [0.717, 1.165) is 16.8 Å². The van der Waals surface area contributed by atoms with E-state index >= 15 is 0 Å². The van der Waals surface area contributed by atoms with E-state index in [0.29, 0.717) is 11.3 Å². The second-order valence-corrected chi connectivity index (χ2v) is 4.59. The Morgan fingerprint density at radius 1 is 1.05 bits per heavy atom. The van der Waals surface area contributed by atoms with Crippen LogP contribution in [-0.4, -0.2) is 6.03 Å². The molecule has 4 heteroatoms. The number of aryl methyl sites for hydroxylation is 2. The van der Waals surface area contributed by atoms with Gasteiger partial charge in [-0.1, -0.05) is 12.1 Å². The van der Waals surface area contributed by atoms with Gasteiger partial charge < -0.3 is 10.6 Å². The van der Waals surface area contributed by atoms with Crippen LogP contribution in [0.5, 0.6) is 0 Å². The number of rotatable bonds is 2. The summed E-state index contributed by atoms with van der Waals surface area (Å²) in [5.74, 6) is 0. The van der Waals surface area contributed by atoms with Crippen LogP contribution in [0.1, 0.15) is 16.7 Å². The molecule has 0 atom stereocenters. The molecule has 0 bridgehead atoms. The first-order chi connectivity index (χ1) is 9.58. The number of amides is 2. The molecule has 4 nitrogen and oxygen atoms in total. The summed E-state index contributed by atoms with van der Waals surface area (Å²) >= 11 is 0. The molecule has 20 heavy (non-hydrogen) atoms. The van der Waals surface area contributed by atoms with Gasteiger partial charge in [0.2, 0.25) is 0 Å². The molecule has 2 N–H and O–H groups in total. The quantitative estimate of drug-likeness (QED) is 0.866. The molecule has 0 aliphatic carbocycles. The van der Waals surface area contributed by atoms with Gasteiger partial charge in [-0.05, 0) is 55.3 Å². The summed E-state index contributed by atoms with van der Waals surface area (Å²) in [4.78, 5) is 11.9. The van der Waals surface area contributed by atoms with E-state index in [2.05, 4.69) is 16.7 Å². The van der Waals surface area contributed by atoms with Crippen LogP contribution in [0.15, 0.2) is 42.5 Å². The van der Waals surface area contributed by atoms with Crippen molar-refractivity contribution in [1.29, 1.82) is 5.26 Å². The molecular formula is C16H15N3O. The van der Waals surface area contributed by atoms with Crippen LogP contribution >= 0.6 is 0 Å². The van der Waals surface area contributed by atoms with Gasteiger partial charge in [-0.25, -0.2) is 4.79 Å². The van der Waals surface area contributed by atoms with Gasteiger partial charge in [0.25, 0.3) is 0 Å². The van der Waals surface area contributed by atoms with Crippen molar-refractivity contribution in [3.05, 3.63) is 59.2 Å². The largest absolute Gasteiger partial charge is 0.323 e. The zero-order valence-corrected chi connectivity index (χ0v) is 11.4. The van der Waals surface area contributed by atoms with Crippen molar-refractivity contribution in [1.82, 2.24) is 0 Å². The van der Waals surface area contributed by atoms with Crippen LogP contribution < -0.4 is 10.6 Å². The Hall–Kier alpha value is -2.80. The number of hydrogen-bond acceptors (Lipinski definition) is 2. The van der Waals surface area contributed by atoms with E-state index < -0.39 is 0 Å². The first kappa shape index (κ1) is 13.6. The average molecular weight is 265 g/mol. The number of carbonyl (C=O) groups is 1. The Kier molecular flexibility index (Phi) is 4.02. The van der Waals surface area contributed by atoms with Gasteiger partial charge in [0.15, 0.2) is 0 Å². The van der Waals surface area contributed by atoms with Crippen LogP contribution in [0, 0.1) is 25.2 Å². The fourth-order valence-electron chi connectivity index (χ4n) is 1.88. The van der Waals surface area contributed by atoms with Gasteiger partial charge in [-0.3, -0.25) is 0 Å². The normalized spacial score (nSPS) is 9.65. The number of nitrogens with zero attached hydrogens (tertiary/aromatic N) is 1. The molecule has 0 saturated heterocycles. The van der Waals surface area contributed by atoms with E-state index in [-0.39, 0.29) is 6.03 Å². The number of hydrogen-bond donors (Lipinski definition) is 2. The minimum absolute atomic E-state index is 0.306. The van der Waals surface area contributed by atoms with E-state index in [9.17, 15) is 4.79 Å². The maximum Gasteiger partial charge on any atom is 0.323 e. The van der Waals surface area contributed by atoms with Crippen LogP contribution in [0.3, 0.4) is 0 Å². The fourth-order valence-corrected chi connectivity index (χ4v) is 1.88. The Bertz CT molecular complexity index is 686. The molecule has 0 aliphatic heterocycles. The Morgan fingerprint density at radius 2 is 1.75 bits per heavy atom. The third-order valence-electron chi connectivity index (χ3n) is 2.88. The van der Waals surface area contributed by atoms with Gasteiger partial charge >= 0.3 is 6.03 Å². The molecule has 2 aromatic rings. The second kappa shape index (κ2) is 5.89. The molecule has 0 saturated carbocycles. The van der Waals surface area contributed by atoms with Crippen molar-refractivity contribution in [3.8, 4) is 6.07 Å². The topological polar surface area (TPSA) is 64.9 Å². The molecule has 0 aliphatic rings. The Labute approximate surface area is 118 Å². The van der Waals surface area contributed by atoms with E-state index in [1.165, 1.54) is 0 Å². The highest BCUT2D eigenvalue weighted by Gasteiger charge is 2.04. The Morgan fingerprint density at radius 3 is 2.35 bits per heavy atom. The van der Waals surface area contributed by atoms with Gasteiger partial charge in [0.05, 0.1) is 11.6 Å². The van der Waals surface area contributed by atoms with Crippen molar-refractivity contribution < 1.29 is 4.79 Å². The van der Waals surface area contributed by atoms with Gasteiger partial charge in [-0.2, -0.15) is 5.26 Å². The maximum atomic E-state index is 11.9. The maximum absolute atomic E-state index is 11.9. The lowest BCUT2D eigenvalue weighted by Crippen LogP contribution is -2.19. The van der Waals surface area contributed by atoms with Crippen molar-refractivity contribution in [2.75, 3.05) is 10.6 Å². The summed E-state index contributed by atoms with van der Waals surface area (Å²) in [5, 5.41) is 14.4. The molecular weight excluding hydrogens is 250 g/mol. The number of urea groups is 1. The van der Waals surface area contributed by atoms with Crippen LogP contribution in [0.4, 0.5) is 16.2 Å². The molecule has 0 heterocycles. The van der Waals surface area contributed by atoms with E-state index in [4.69, 9.17) is 5.26 Å². The van der Waals surface area contributed by atoms with Gasteiger partial charge in [0.1, 0.15) is 0 Å². The molecule has 0 aromatic heterocycles. The lowest BCUT2D eigenvalue weighted by molar-refractivity contribution is 0.262. The van der Waals surface area contributed by atoms with E-state index in [1.54, 1.807) is 18.2 Å². The monoisotopic (exact) mass is 265 g/mol. The van der Waals surface area contributed by atoms with Crippen molar-refractivity contribution in [2.24, 2.45) is 0 Å². The lowest BCUT2D eigenvalue weighted by atomic mass is 10.1. The summed E-state index contributed by atoms with van der Waals surface area (Å²) < 4.78 is 0. The molecule has 0 spiro atoms. The van der Waals surface area contributed by atoms with Crippen LogP contribution in [-0.2, 0) is 0 Å². The predicted molar refractivity (Wildman–Crippen MR) is 79.7 cm³/mol. The van der Waals surface area contributed by atoms with E-state index in [1.807, 2.05) is 38.1 Å². The molecule has 2 amide bonds. The van der Waals surface area contributed by atoms with Crippen LogP contribution in [0.2, 0.25) is 0 Å². The summed E-state index contributed by atoms with van der Waals surface area (Å²) in [7, 11) is 0. The zero-order valence-electron chi connectivity index (χ0n) is 11.4. The third-order valence-corrected chi connectivity index (χ3v) is 2.88. The van der Waals surface area contributed by atoms with Crippen molar-refractivity contribution in [2.45, 2.75) is 13.8 Å². The summed E-state index contributed by atoms with van der Waals surface area (Å²) in [6, 6.07) is 14.5. The van der Waals surface area contributed by atoms with Gasteiger partial charge in [-0.15, -0.1) is 0 Å². The third kappa shape index (κ3) is 3.36. The highest BCUT2D eigenvalue weighted by molar-refractivity contribution is 5.99. The number of nitrogens with one attached hydrogen (secondary N) is 2. The zero-order chi connectivity index (χ0) is 14.5. The molecule has 2 rings (SSSR count). The van der Waals surface area contributed by atoms with Crippen molar-refractivity contribution in [3.63, 3.8) is 0 Å². The Balaban J connectivity index is 2.05. The van der Waals surface area contributed by atoms with Crippen LogP contribution in [0.25, 0.3) is 0 Å². The summed E-state index contributed by atoms with van der Waals surface area (Å²) in [6.45, 7) is 3.80. The first-order valence-corrected chi connectivity index (χ1v) is 6.24. The summed E-state index contributed by atoms with van der Waals surface area (Å²) in [6.07, 6.45) is 0. The standard InChI is InChI=1S/C16H15N3O/c1-11-4-3-5-14(8-11)18-16(20)19-15-7-6-13(10-17)12(2)9-15/h3-9H,1-2H3,(H2,18,19,20). The fraction of sp³-hybridized carbons (Fsp3) is 0.125. The summed E-state index contributed by atoms with van der Waals surface area (Å²) in [5.41, 5.74) is 3.92. The minimum atomic E-state index is -0.306. The SMILES string of the molecule is Cc1cccc(NC(=O)Nc2ccc(C#N)c(C)c2)c1. The molecule has 0 radical (unpaired) electrons. The number of benzene rings is 2. The smallest absolute Gasteiger partial charge is 0.308 e. The first-order valence-electron chi connectivity index (χ1n) is 6.24. The lowest BCUT2D eigenvalue weighted by Gasteiger charge is -2.09. The number of anilines is 2. The molecule has 0 fully saturated rings. The minimum Gasteiger partial charge on any atom is -0.308 e. The number of nitriles is 1. The molecule has 100 valence electrons. The van der Waals surface area contributed by atoms with Crippen molar-refractivity contribution >= 4 is 17.4 Å². The molecule has 2 aromatic carbocycles. The average Bonchev–Trinajstić information content (AvgIpc) is 2.38. The highest BCUT2D eigenvalue weighted by atomic mass is 16.2. The molecule has 0 unspecified atom stereocenters. The predicted octanol–water partition coefficient (Wildman–Crippen LogP) is 3.82.